The van der Waals surface area contributed by atoms with Crippen LogP contribution >= 0.6 is 0 Å². The molecule has 4 nitrogen and oxygen atoms in total. The summed E-state index contributed by atoms with van der Waals surface area (Å²) in [6, 6.07) is 5.19. The van der Waals surface area contributed by atoms with Crippen molar-refractivity contribution >= 4 is 6.29 Å². The van der Waals surface area contributed by atoms with Crippen LogP contribution in [0, 0.1) is 0 Å². The number of ether oxygens (including phenoxy) is 3. The van der Waals surface area contributed by atoms with Crippen LogP contribution < -0.4 is 9.47 Å². The van der Waals surface area contributed by atoms with E-state index in [-0.39, 0.29) is 11.7 Å². The second kappa shape index (κ2) is 5.09. The average molecular weight is 278 g/mol. The zero-order valence-electron chi connectivity index (χ0n) is 12.7. The number of methoxy groups -OCH3 is 1. The van der Waals surface area contributed by atoms with E-state index in [0.717, 1.165) is 12.7 Å². The van der Waals surface area contributed by atoms with Gasteiger partial charge in [0.25, 0.3) is 0 Å². The summed E-state index contributed by atoms with van der Waals surface area (Å²) >= 11 is 0. The van der Waals surface area contributed by atoms with Crippen LogP contribution in [-0.2, 0) is 4.74 Å². The van der Waals surface area contributed by atoms with Crippen molar-refractivity contribution < 1.29 is 19.0 Å². The van der Waals surface area contributed by atoms with Gasteiger partial charge in [-0.2, -0.15) is 0 Å². The molecular weight excluding hydrogens is 256 g/mol. The van der Waals surface area contributed by atoms with Gasteiger partial charge in [0, 0.05) is 12.5 Å². The number of aldehydes is 1. The van der Waals surface area contributed by atoms with Crippen molar-refractivity contribution in [1.82, 2.24) is 0 Å². The third-order valence-corrected chi connectivity index (χ3v) is 3.61. The Morgan fingerprint density at radius 3 is 2.50 bits per heavy atom. The van der Waals surface area contributed by atoms with Gasteiger partial charge in [-0.25, -0.2) is 0 Å². The number of rotatable bonds is 4. The number of hydrogen-bond donors (Lipinski definition) is 0. The molecule has 110 valence electrons. The quantitative estimate of drug-likeness (QED) is 0.793. The highest BCUT2D eigenvalue weighted by atomic mass is 16.6. The highest BCUT2D eigenvalue weighted by Gasteiger charge is 2.47. The average Bonchev–Trinajstić information content (AvgIpc) is 2.57. The van der Waals surface area contributed by atoms with E-state index in [9.17, 15) is 4.79 Å². The summed E-state index contributed by atoms with van der Waals surface area (Å²) < 4.78 is 17.2. The molecule has 0 aliphatic carbocycles. The van der Waals surface area contributed by atoms with Crippen molar-refractivity contribution in [2.45, 2.75) is 51.4 Å². The molecule has 0 N–H and O–H groups in total. The normalized spacial score (nSPS) is 23.4. The first-order valence-corrected chi connectivity index (χ1v) is 6.77. The van der Waals surface area contributed by atoms with E-state index in [0.29, 0.717) is 17.1 Å². The second-order valence-corrected chi connectivity index (χ2v) is 6.30. The summed E-state index contributed by atoms with van der Waals surface area (Å²) in [6.45, 7) is 8.11. The van der Waals surface area contributed by atoms with Crippen LogP contribution in [0.15, 0.2) is 18.2 Å². The van der Waals surface area contributed by atoms with E-state index in [1.165, 1.54) is 0 Å². The highest BCUT2D eigenvalue weighted by Crippen LogP contribution is 2.40. The maximum atomic E-state index is 11.1. The summed E-state index contributed by atoms with van der Waals surface area (Å²) in [4.78, 5) is 11.1. The van der Waals surface area contributed by atoms with Crippen LogP contribution in [0.5, 0.6) is 11.5 Å². The Labute approximate surface area is 120 Å². The topological polar surface area (TPSA) is 44.8 Å². The Morgan fingerprint density at radius 2 is 2.00 bits per heavy atom. The van der Waals surface area contributed by atoms with Gasteiger partial charge in [-0.15, -0.1) is 0 Å². The summed E-state index contributed by atoms with van der Waals surface area (Å²) in [5.74, 6) is 1.21. The van der Waals surface area contributed by atoms with Gasteiger partial charge in [0.1, 0.15) is 23.2 Å². The fourth-order valence-corrected chi connectivity index (χ4v) is 2.69. The van der Waals surface area contributed by atoms with E-state index in [4.69, 9.17) is 14.2 Å². The van der Waals surface area contributed by atoms with Gasteiger partial charge in [-0.3, -0.25) is 4.79 Å². The summed E-state index contributed by atoms with van der Waals surface area (Å²) in [5.41, 5.74) is -0.104. The van der Waals surface area contributed by atoms with Crippen LogP contribution in [0.25, 0.3) is 0 Å². The smallest absolute Gasteiger partial charge is 0.153 e. The summed E-state index contributed by atoms with van der Waals surface area (Å²) in [5, 5.41) is 0. The van der Waals surface area contributed by atoms with Crippen LogP contribution in [0.2, 0.25) is 0 Å². The van der Waals surface area contributed by atoms with E-state index >= 15 is 0 Å². The fourth-order valence-electron chi connectivity index (χ4n) is 2.69. The number of hydrogen-bond acceptors (Lipinski definition) is 4. The van der Waals surface area contributed by atoms with E-state index < -0.39 is 5.60 Å². The molecule has 4 heteroatoms. The molecule has 0 radical (unpaired) electrons. The van der Waals surface area contributed by atoms with E-state index in [1.807, 2.05) is 27.7 Å². The minimum absolute atomic E-state index is 0.108. The minimum Gasteiger partial charge on any atom is -0.497 e. The van der Waals surface area contributed by atoms with Crippen molar-refractivity contribution in [3.8, 4) is 11.5 Å². The first-order chi connectivity index (χ1) is 9.27. The first-order valence-electron chi connectivity index (χ1n) is 6.77. The molecule has 0 bridgehead atoms. The highest BCUT2D eigenvalue weighted by molar-refractivity contribution is 5.79. The SMILES string of the molecule is COc1ccc(C=O)c(OC2CC(C)(C)OC2(C)C)c1. The minimum atomic E-state index is -0.396. The van der Waals surface area contributed by atoms with Crippen molar-refractivity contribution in [2.24, 2.45) is 0 Å². The first kappa shape index (κ1) is 14.9. The standard InChI is InChI=1S/C16H22O4/c1-15(2)9-14(16(3,4)20-15)19-13-8-12(18-5)7-6-11(13)10-17/h6-8,10,14H,9H2,1-5H3. The molecule has 0 amide bonds. The van der Waals surface area contributed by atoms with Crippen molar-refractivity contribution in [3.05, 3.63) is 23.8 Å². The molecule has 1 aromatic carbocycles. The van der Waals surface area contributed by atoms with Gasteiger partial charge in [0.2, 0.25) is 0 Å². The predicted octanol–water partition coefficient (Wildman–Crippen LogP) is 3.23. The zero-order valence-corrected chi connectivity index (χ0v) is 12.7. The lowest BCUT2D eigenvalue weighted by molar-refractivity contribution is -0.0846. The van der Waals surface area contributed by atoms with Gasteiger partial charge in [0.15, 0.2) is 6.29 Å². The molecule has 2 rings (SSSR count). The predicted molar refractivity (Wildman–Crippen MR) is 76.7 cm³/mol. The lowest BCUT2D eigenvalue weighted by Gasteiger charge is -2.27. The Hall–Kier alpha value is -1.55. The van der Waals surface area contributed by atoms with Crippen molar-refractivity contribution in [3.63, 3.8) is 0 Å². The summed E-state index contributed by atoms with van der Waals surface area (Å²) in [6.07, 6.45) is 1.46. The molecule has 1 atom stereocenters. The number of carbonyl (C=O) groups is 1. The third-order valence-electron chi connectivity index (χ3n) is 3.61. The molecule has 1 aliphatic rings. The van der Waals surface area contributed by atoms with Crippen LogP contribution in [0.4, 0.5) is 0 Å². The second-order valence-electron chi connectivity index (χ2n) is 6.30. The number of benzene rings is 1. The molecule has 1 unspecified atom stereocenters. The van der Waals surface area contributed by atoms with E-state index in [1.54, 1.807) is 25.3 Å². The number of carbonyl (C=O) groups excluding carboxylic acids is 1. The molecule has 1 saturated heterocycles. The Balaban J connectivity index is 2.27. The fraction of sp³-hybridized carbons (Fsp3) is 0.562. The Morgan fingerprint density at radius 1 is 1.30 bits per heavy atom. The molecule has 1 aromatic rings. The molecular formula is C16H22O4. The van der Waals surface area contributed by atoms with E-state index in [2.05, 4.69) is 0 Å². The lowest BCUT2D eigenvalue weighted by Crippen LogP contribution is -2.36. The van der Waals surface area contributed by atoms with Gasteiger partial charge < -0.3 is 14.2 Å². The molecule has 0 aromatic heterocycles. The maximum Gasteiger partial charge on any atom is 0.153 e. The molecule has 20 heavy (non-hydrogen) atoms. The monoisotopic (exact) mass is 278 g/mol. The lowest BCUT2D eigenvalue weighted by atomic mass is 9.97. The van der Waals surface area contributed by atoms with Crippen molar-refractivity contribution in [2.75, 3.05) is 7.11 Å². The van der Waals surface area contributed by atoms with Crippen LogP contribution in [0.3, 0.4) is 0 Å². The van der Waals surface area contributed by atoms with Gasteiger partial charge in [-0.1, -0.05) is 0 Å². The maximum absolute atomic E-state index is 11.1. The molecule has 1 fully saturated rings. The van der Waals surface area contributed by atoms with Gasteiger partial charge in [-0.05, 0) is 39.8 Å². The Bertz CT molecular complexity index is 505. The Kier molecular flexibility index (Phi) is 3.78. The van der Waals surface area contributed by atoms with Crippen LogP contribution in [-0.4, -0.2) is 30.7 Å². The largest absolute Gasteiger partial charge is 0.497 e. The van der Waals surface area contributed by atoms with Gasteiger partial charge >= 0.3 is 0 Å². The molecule has 0 spiro atoms. The molecule has 1 aliphatic heterocycles. The summed E-state index contributed by atoms with van der Waals surface area (Å²) in [7, 11) is 1.59. The zero-order chi connectivity index (χ0) is 15.0. The van der Waals surface area contributed by atoms with Crippen LogP contribution in [0.1, 0.15) is 44.5 Å². The third kappa shape index (κ3) is 2.96. The molecule has 1 heterocycles. The van der Waals surface area contributed by atoms with Crippen molar-refractivity contribution in [1.29, 1.82) is 0 Å². The van der Waals surface area contributed by atoms with Gasteiger partial charge in [0.05, 0.1) is 18.3 Å². The molecule has 0 saturated carbocycles.